The van der Waals surface area contributed by atoms with Gasteiger partial charge in [0.05, 0.1) is 17.4 Å². The Morgan fingerprint density at radius 2 is 1.81 bits per heavy atom. The molecule has 0 aliphatic carbocycles. The van der Waals surface area contributed by atoms with E-state index in [0.29, 0.717) is 28.1 Å². The number of ether oxygens (including phenoxy) is 1. The molecule has 0 saturated heterocycles. The van der Waals surface area contributed by atoms with Crippen LogP contribution in [-0.4, -0.2) is 32.6 Å². The zero-order valence-electron chi connectivity index (χ0n) is 14.7. The first-order valence-corrected chi connectivity index (χ1v) is 8.01. The number of nitrogens with one attached hydrogen (secondary N) is 3. The summed E-state index contributed by atoms with van der Waals surface area (Å²) in [7, 11) is 0. The molecule has 0 saturated carbocycles. The van der Waals surface area contributed by atoms with Crippen LogP contribution in [0.25, 0.3) is 11.2 Å². The predicted molar refractivity (Wildman–Crippen MR) is 98.1 cm³/mol. The summed E-state index contributed by atoms with van der Waals surface area (Å²) < 4.78 is 5.22. The van der Waals surface area contributed by atoms with Crippen LogP contribution in [-0.2, 0) is 4.74 Å². The number of imidazole rings is 1. The fourth-order valence-electron chi connectivity index (χ4n) is 2.33. The van der Waals surface area contributed by atoms with Crippen molar-refractivity contribution in [3.8, 4) is 0 Å². The number of aromatic nitrogens is 3. The third kappa shape index (κ3) is 4.15. The maximum atomic E-state index is 12.5. The minimum absolute atomic E-state index is 0.309. The molecule has 0 fully saturated rings. The lowest BCUT2D eigenvalue weighted by molar-refractivity contribution is 0.0636. The van der Waals surface area contributed by atoms with Gasteiger partial charge in [-0.05, 0) is 45.0 Å². The first kappa shape index (κ1) is 17.4. The Balaban J connectivity index is 1.73. The number of amides is 2. The van der Waals surface area contributed by atoms with Crippen molar-refractivity contribution in [1.29, 1.82) is 0 Å². The number of aromatic amines is 1. The number of hydrogen-bond acceptors (Lipinski definition) is 5. The van der Waals surface area contributed by atoms with Crippen LogP contribution < -0.4 is 10.6 Å². The second-order valence-electron chi connectivity index (χ2n) is 6.62. The van der Waals surface area contributed by atoms with Crippen molar-refractivity contribution in [2.75, 3.05) is 10.6 Å². The van der Waals surface area contributed by atoms with Gasteiger partial charge in [0.2, 0.25) is 0 Å². The number of carbonyl (C=O) groups excluding carboxylic acids is 2. The van der Waals surface area contributed by atoms with E-state index in [0.717, 1.165) is 0 Å². The number of nitrogens with zero attached hydrogens (tertiary/aromatic N) is 2. The van der Waals surface area contributed by atoms with Crippen LogP contribution in [0.4, 0.5) is 16.2 Å². The number of rotatable bonds is 3. The largest absolute Gasteiger partial charge is 0.444 e. The van der Waals surface area contributed by atoms with Crippen LogP contribution in [0.1, 0.15) is 31.1 Å². The van der Waals surface area contributed by atoms with Gasteiger partial charge in [-0.1, -0.05) is 6.07 Å². The van der Waals surface area contributed by atoms with Crippen molar-refractivity contribution in [2.45, 2.75) is 26.4 Å². The Kier molecular flexibility index (Phi) is 4.57. The number of anilines is 2. The van der Waals surface area contributed by atoms with E-state index in [4.69, 9.17) is 4.74 Å². The summed E-state index contributed by atoms with van der Waals surface area (Å²) in [5.74, 6) is -0.309. The summed E-state index contributed by atoms with van der Waals surface area (Å²) in [5, 5.41) is 5.43. The van der Waals surface area contributed by atoms with Gasteiger partial charge >= 0.3 is 6.09 Å². The van der Waals surface area contributed by atoms with Crippen LogP contribution in [0.5, 0.6) is 0 Å². The molecule has 3 N–H and O–H groups in total. The number of carbonyl (C=O) groups is 2. The lowest BCUT2D eigenvalue weighted by Crippen LogP contribution is -2.27. The molecule has 2 heterocycles. The number of benzene rings is 1. The highest BCUT2D eigenvalue weighted by Crippen LogP contribution is 2.19. The van der Waals surface area contributed by atoms with Crippen molar-refractivity contribution in [3.05, 3.63) is 48.4 Å². The van der Waals surface area contributed by atoms with Gasteiger partial charge in [-0.3, -0.25) is 10.1 Å². The second-order valence-corrected chi connectivity index (χ2v) is 6.62. The molecule has 0 atom stereocenters. The minimum Gasteiger partial charge on any atom is -0.444 e. The van der Waals surface area contributed by atoms with E-state index in [1.54, 1.807) is 51.1 Å². The van der Waals surface area contributed by atoms with E-state index in [1.165, 1.54) is 12.5 Å². The van der Waals surface area contributed by atoms with Crippen molar-refractivity contribution in [3.63, 3.8) is 0 Å². The Labute approximate surface area is 150 Å². The highest BCUT2D eigenvalue weighted by molar-refractivity contribution is 6.11. The quantitative estimate of drug-likeness (QED) is 0.667. The molecule has 0 aliphatic heterocycles. The van der Waals surface area contributed by atoms with E-state index in [1.807, 2.05) is 0 Å². The van der Waals surface area contributed by atoms with E-state index in [9.17, 15) is 9.59 Å². The summed E-state index contributed by atoms with van der Waals surface area (Å²) >= 11 is 0. The molecule has 3 aromatic rings. The maximum Gasteiger partial charge on any atom is 0.412 e. The minimum atomic E-state index is -0.591. The van der Waals surface area contributed by atoms with Gasteiger partial charge in [0.15, 0.2) is 5.65 Å². The molecule has 0 bridgehead atoms. The normalized spacial score (nSPS) is 11.2. The standard InChI is InChI=1S/C18H19N5O3/c1-18(2,3)26-17(25)23-12-6-4-5-11(9-12)22-16(24)13-7-8-19-15-14(13)20-10-21-15/h4-10H,1-3H3,(H,22,24)(H,23,25)(H,19,20,21). The Hall–Kier alpha value is -3.42. The van der Waals surface area contributed by atoms with Gasteiger partial charge in [-0.25, -0.2) is 14.8 Å². The lowest BCUT2D eigenvalue weighted by Gasteiger charge is -2.19. The molecule has 2 amide bonds. The Morgan fingerprint density at radius 1 is 1.08 bits per heavy atom. The van der Waals surface area contributed by atoms with E-state index in [-0.39, 0.29) is 5.91 Å². The van der Waals surface area contributed by atoms with E-state index in [2.05, 4.69) is 25.6 Å². The molecule has 0 aliphatic rings. The highest BCUT2D eigenvalue weighted by atomic mass is 16.6. The Morgan fingerprint density at radius 3 is 2.54 bits per heavy atom. The van der Waals surface area contributed by atoms with Crippen LogP contribution in [0.2, 0.25) is 0 Å². The Bertz CT molecular complexity index is 959. The predicted octanol–water partition coefficient (Wildman–Crippen LogP) is 3.56. The number of H-pyrrole nitrogens is 1. The fourth-order valence-corrected chi connectivity index (χ4v) is 2.33. The average molecular weight is 353 g/mol. The molecule has 3 rings (SSSR count). The summed E-state index contributed by atoms with van der Waals surface area (Å²) in [4.78, 5) is 35.4. The third-order valence-corrected chi connectivity index (χ3v) is 3.34. The van der Waals surface area contributed by atoms with Crippen molar-refractivity contribution < 1.29 is 14.3 Å². The van der Waals surface area contributed by atoms with E-state index >= 15 is 0 Å². The van der Waals surface area contributed by atoms with Crippen molar-refractivity contribution in [1.82, 2.24) is 15.0 Å². The van der Waals surface area contributed by atoms with Crippen LogP contribution in [0.3, 0.4) is 0 Å². The van der Waals surface area contributed by atoms with Gasteiger partial charge in [-0.15, -0.1) is 0 Å². The summed E-state index contributed by atoms with van der Waals surface area (Å²) in [6.07, 6.45) is 2.45. The molecular formula is C18H19N5O3. The molecule has 134 valence electrons. The monoisotopic (exact) mass is 353 g/mol. The zero-order chi connectivity index (χ0) is 18.7. The second kappa shape index (κ2) is 6.83. The van der Waals surface area contributed by atoms with Gasteiger partial charge in [0.1, 0.15) is 5.60 Å². The molecular weight excluding hydrogens is 334 g/mol. The van der Waals surface area contributed by atoms with Crippen molar-refractivity contribution >= 4 is 34.5 Å². The average Bonchev–Trinajstić information content (AvgIpc) is 3.01. The van der Waals surface area contributed by atoms with E-state index < -0.39 is 11.7 Å². The molecule has 8 heteroatoms. The highest BCUT2D eigenvalue weighted by Gasteiger charge is 2.17. The molecule has 8 nitrogen and oxygen atoms in total. The summed E-state index contributed by atoms with van der Waals surface area (Å²) in [6.45, 7) is 5.36. The smallest absolute Gasteiger partial charge is 0.412 e. The summed E-state index contributed by atoms with van der Waals surface area (Å²) in [6, 6.07) is 8.41. The molecule has 2 aromatic heterocycles. The van der Waals surface area contributed by atoms with Gasteiger partial charge < -0.3 is 15.0 Å². The van der Waals surface area contributed by atoms with Crippen LogP contribution >= 0.6 is 0 Å². The number of hydrogen-bond donors (Lipinski definition) is 3. The first-order valence-electron chi connectivity index (χ1n) is 8.01. The number of pyridine rings is 1. The van der Waals surface area contributed by atoms with Crippen LogP contribution in [0.15, 0.2) is 42.9 Å². The van der Waals surface area contributed by atoms with Gasteiger partial charge in [0.25, 0.3) is 5.91 Å². The zero-order valence-corrected chi connectivity index (χ0v) is 14.7. The molecule has 26 heavy (non-hydrogen) atoms. The molecule has 0 unspecified atom stereocenters. The maximum absolute atomic E-state index is 12.5. The summed E-state index contributed by atoms with van der Waals surface area (Å²) in [5.41, 5.74) is 1.92. The fraction of sp³-hybridized carbons (Fsp3) is 0.222. The lowest BCUT2D eigenvalue weighted by atomic mass is 10.2. The molecule has 0 spiro atoms. The number of fused-ring (bicyclic) bond motifs is 1. The molecule has 1 aromatic carbocycles. The van der Waals surface area contributed by atoms with Gasteiger partial charge in [0, 0.05) is 17.6 Å². The third-order valence-electron chi connectivity index (χ3n) is 3.34. The van der Waals surface area contributed by atoms with Crippen molar-refractivity contribution in [2.24, 2.45) is 0 Å². The topological polar surface area (TPSA) is 109 Å². The van der Waals surface area contributed by atoms with Gasteiger partial charge in [-0.2, -0.15) is 0 Å². The first-order chi connectivity index (χ1) is 12.3. The van der Waals surface area contributed by atoms with Crippen LogP contribution in [0, 0.1) is 0 Å². The molecule has 0 radical (unpaired) electrons. The SMILES string of the molecule is CC(C)(C)OC(=O)Nc1cccc(NC(=O)c2ccnc3nc[nH]c23)c1.